The van der Waals surface area contributed by atoms with E-state index in [1.807, 2.05) is 11.4 Å². The largest absolute Gasteiger partial charge is 0.298 e. The van der Waals surface area contributed by atoms with Crippen molar-refractivity contribution in [2.24, 2.45) is 0 Å². The van der Waals surface area contributed by atoms with Crippen LogP contribution in [0.25, 0.3) is 17.3 Å². The summed E-state index contributed by atoms with van der Waals surface area (Å²) in [5, 5.41) is 6.30. The molecule has 0 aliphatic carbocycles. The monoisotopic (exact) mass is 402 g/mol. The third-order valence-corrected chi connectivity index (χ3v) is 5.23. The number of aromatic nitrogens is 1. The second kappa shape index (κ2) is 8.04. The Hall–Kier alpha value is -2.14. The lowest BCUT2D eigenvalue weighted by Gasteiger charge is -2.02. The first-order valence-electron chi connectivity index (χ1n) is 7.89. The van der Waals surface area contributed by atoms with E-state index < -0.39 is 0 Å². The number of carbonyl (C=O) groups is 1. The molecule has 132 valence electrons. The molecule has 26 heavy (non-hydrogen) atoms. The van der Waals surface area contributed by atoms with Gasteiger partial charge in [-0.2, -0.15) is 0 Å². The lowest BCUT2D eigenvalue weighted by Crippen LogP contribution is -2.07. The van der Waals surface area contributed by atoms with Crippen molar-refractivity contribution in [3.63, 3.8) is 0 Å². The average molecular weight is 403 g/mol. The number of anilines is 1. The topological polar surface area (TPSA) is 42.0 Å². The molecule has 3 nitrogen and oxygen atoms in total. The van der Waals surface area contributed by atoms with Gasteiger partial charge in [-0.25, -0.2) is 4.98 Å². The van der Waals surface area contributed by atoms with Gasteiger partial charge in [-0.15, -0.1) is 11.3 Å². The van der Waals surface area contributed by atoms with E-state index in [2.05, 4.69) is 36.3 Å². The molecule has 0 aliphatic rings. The summed E-state index contributed by atoms with van der Waals surface area (Å²) in [6.45, 7) is 4.14. The Balaban J connectivity index is 1.69. The van der Waals surface area contributed by atoms with Crippen LogP contribution in [0.4, 0.5) is 5.13 Å². The van der Waals surface area contributed by atoms with E-state index in [1.165, 1.54) is 28.5 Å². The Morgan fingerprint density at radius 3 is 2.65 bits per heavy atom. The summed E-state index contributed by atoms with van der Waals surface area (Å²) < 4.78 is 0. The molecule has 0 saturated carbocycles. The number of carbonyl (C=O) groups excluding carboxylic acids is 1. The molecule has 0 aliphatic heterocycles. The minimum absolute atomic E-state index is 0.267. The number of hydrogen-bond donors (Lipinski definition) is 1. The Labute approximate surface area is 166 Å². The van der Waals surface area contributed by atoms with Crippen molar-refractivity contribution in [1.82, 2.24) is 4.98 Å². The van der Waals surface area contributed by atoms with Gasteiger partial charge in [-0.1, -0.05) is 41.4 Å². The maximum atomic E-state index is 12.1. The molecule has 0 spiro atoms. The first-order valence-corrected chi connectivity index (χ1v) is 9.53. The van der Waals surface area contributed by atoms with Gasteiger partial charge in [0, 0.05) is 27.1 Å². The molecule has 0 radical (unpaired) electrons. The van der Waals surface area contributed by atoms with Gasteiger partial charge >= 0.3 is 0 Å². The highest BCUT2D eigenvalue weighted by atomic mass is 35.5. The Kier molecular flexibility index (Phi) is 5.77. The summed E-state index contributed by atoms with van der Waals surface area (Å²) in [5.41, 5.74) is 5.06. The van der Waals surface area contributed by atoms with Crippen molar-refractivity contribution in [2.75, 3.05) is 5.32 Å². The van der Waals surface area contributed by atoms with E-state index >= 15 is 0 Å². The predicted molar refractivity (Wildman–Crippen MR) is 111 cm³/mol. The molecular weight excluding hydrogens is 387 g/mol. The first kappa shape index (κ1) is 18.6. The summed E-state index contributed by atoms with van der Waals surface area (Å²) in [7, 11) is 0. The maximum Gasteiger partial charge on any atom is 0.250 e. The van der Waals surface area contributed by atoms with E-state index in [1.54, 1.807) is 24.3 Å². The zero-order valence-corrected chi connectivity index (χ0v) is 16.5. The van der Waals surface area contributed by atoms with E-state index in [0.29, 0.717) is 15.2 Å². The zero-order chi connectivity index (χ0) is 18.7. The standard InChI is InChI=1S/C20H16Cl2N2OS/c1-12-3-4-15(9-13(12)2)18-11-26-20(23-18)24-19(25)8-6-14-5-7-16(21)10-17(14)22/h3-11H,1-2H3,(H,23,24,25)/b8-6+. The molecule has 3 aromatic rings. The molecule has 1 N–H and O–H groups in total. The molecule has 0 unspecified atom stereocenters. The quantitative estimate of drug-likeness (QED) is 0.513. The van der Waals surface area contributed by atoms with Crippen molar-refractivity contribution >= 4 is 51.7 Å². The zero-order valence-electron chi connectivity index (χ0n) is 14.2. The summed E-state index contributed by atoms with van der Waals surface area (Å²) in [6, 6.07) is 11.3. The lowest BCUT2D eigenvalue weighted by molar-refractivity contribution is -0.111. The molecular formula is C20H16Cl2N2OS. The molecule has 0 atom stereocenters. The Morgan fingerprint density at radius 1 is 1.12 bits per heavy atom. The van der Waals surface area contributed by atoms with Gasteiger partial charge in [0.05, 0.1) is 5.69 Å². The van der Waals surface area contributed by atoms with E-state index in [-0.39, 0.29) is 5.91 Å². The van der Waals surface area contributed by atoms with Crippen LogP contribution >= 0.6 is 34.5 Å². The summed E-state index contributed by atoms with van der Waals surface area (Å²) in [4.78, 5) is 16.6. The van der Waals surface area contributed by atoms with Gasteiger partial charge in [-0.05, 0) is 54.8 Å². The summed E-state index contributed by atoms with van der Waals surface area (Å²) >= 11 is 13.3. The summed E-state index contributed by atoms with van der Waals surface area (Å²) in [6.07, 6.45) is 3.07. The average Bonchev–Trinajstić information content (AvgIpc) is 3.05. The van der Waals surface area contributed by atoms with Crippen molar-refractivity contribution in [3.8, 4) is 11.3 Å². The lowest BCUT2D eigenvalue weighted by atomic mass is 10.1. The summed E-state index contributed by atoms with van der Waals surface area (Å²) in [5.74, 6) is -0.267. The number of halogens is 2. The number of nitrogens with zero attached hydrogens (tertiary/aromatic N) is 1. The van der Waals surface area contributed by atoms with Crippen molar-refractivity contribution in [3.05, 3.63) is 74.6 Å². The first-order chi connectivity index (χ1) is 12.4. The molecule has 0 bridgehead atoms. The Bertz CT molecular complexity index is 995. The fourth-order valence-corrected chi connectivity index (χ4v) is 3.51. The fourth-order valence-electron chi connectivity index (χ4n) is 2.31. The number of thiazole rings is 1. The number of hydrogen-bond acceptors (Lipinski definition) is 3. The number of amides is 1. The number of nitrogens with one attached hydrogen (secondary N) is 1. The molecule has 1 aromatic heterocycles. The van der Waals surface area contributed by atoms with Crippen LogP contribution in [-0.2, 0) is 4.79 Å². The molecule has 6 heteroatoms. The highest BCUT2D eigenvalue weighted by Crippen LogP contribution is 2.26. The van der Waals surface area contributed by atoms with Crippen LogP contribution in [0, 0.1) is 13.8 Å². The molecule has 0 fully saturated rings. The predicted octanol–water partition coefficient (Wildman–Crippen LogP) is 6.39. The molecule has 0 saturated heterocycles. The highest BCUT2D eigenvalue weighted by Gasteiger charge is 2.07. The van der Waals surface area contributed by atoms with E-state index in [0.717, 1.165) is 16.8 Å². The number of rotatable bonds is 4. The second-order valence-electron chi connectivity index (χ2n) is 5.83. The van der Waals surface area contributed by atoms with E-state index in [9.17, 15) is 4.79 Å². The molecule has 1 amide bonds. The highest BCUT2D eigenvalue weighted by molar-refractivity contribution is 7.14. The van der Waals surface area contributed by atoms with Crippen LogP contribution in [0.1, 0.15) is 16.7 Å². The third kappa shape index (κ3) is 4.52. The van der Waals surface area contributed by atoms with Gasteiger partial charge in [0.15, 0.2) is 5.13 Å². The molecule has 3 rings (SSSR count). The Morgan fingerprint density at radius 2 is 1.92 bits per heavy atom. The van der Waals surface area contributed by atoms with Gasteiger partial charge in [-0.3, -0.25) is 10.1 Å². The van der Waals surface area contributed by atoms with Gasteiger partial charge < -0.3 is 0 Å². The number of aryl methyl sites for hydroxylation is 2. The van der Waals surface area contributed by atoms with Crippen molar-refractivity contribution in [2.45, 2.75) is 13.8 Å². The second-order valence-corrected chi connectivity index (χ2v) is 7.53. The van der Waals surface area contributed by atoms with Gasteiger partial charge in [0.2, 0.25) is 5.91 Å². The van der Waals surface area contributed by atoms with Gasteiger partial charge in [0.1, 0.15) is 0 Å². The fraction of sp³-hybridized carbons (Fsp3) is 0.100. The number of benzene rings is 2. The van der Waals surface area contributed by atoms with Crippen LogP contribution in [-0.4, -0.2) is 10.9 Å². The van der Waals surface area contributed by atoms with Crippen molar-refractivity contribution in [1.29, 1.82) is 0 Å². The third-order valence-electron chi connectivity index (χ3n) is 3.91. The normalized spacial score (nSPS) is 11.1. The van der Waals surface area contributed by atoms with E-state index in [4.69, 9.17) is 23.2 Å². The maximum absolute atomic E-state index is 12.1. The van der Waals surface area contributed by atoms with Gasteiger partial charge in [0.25, 0.3) is 0 Å². The van der Waals surface area contributed by atoms with Crippen LogP contribution < -0.4 is 5.32 Å². The van der Waals surface area contributed by atoms with Crippen LogP contribution in [0.15, 0.2) is 47.9 Å². The molecule has 2 aromatic carbocycles. The van der Waals surface area contributed by atoms with Crippen molar-refractivity contribution < 1.29 is 4.79 Å². The minimum Gasteiger partial charge on any atom is -0.298 e. The minimum atomic E-state index is -0.267. The van der Waals surface area contributed by atoms with Crippen LogP contribution in [0.5, 0.6) is 0 Å². The molecule has 1 heterocycles. The SMILES string of the molecule is Cc1ccc(-c2csc(NC(=O)/C=C/c3ccc(Cl)cc3Cl)n2)cc1C. The van der Waals surface area contributed by atoms with Crippen LogP contribution in [0.3, 0.4) is 0 Å². The smallest absolute Gasteiger partial charge is 0.250 e. The van der Waals surface area contributed by atoms with Crippen LogP contribution in [0.2, 0.25) is 10.0 Å².